The van der Waals surface area contributed by atoms with Gasteiger partial charge in [-0.15, -0.1) is 0 Å². The van der Waals surface area contributed by atoms with Crippen molar-refractivity contribution in [3.05, 3.63) is 54.1 Å². The van der Waals surface area contributed by atoms with Crippen LogP contribution in [0.5, 0.6) is 5.75 Å². The SMILES string of the molecule is CC(C)NC(=O)c1ccc(NCC(=O)Nc2cccc(OC(C)C)c2)cc1. The molecule has 0 radical (unpaired) electrons. The first-order valence-electron chi connectivity index (χ1n) is 9.05. The van der Waals surface area contributed by atoms with Gasteiger partial charge in [0.1, 0.15) is 5.75 Å². The van der Waals surface area contributed by atoms with E-state index >= 15 is 0 Å². The van der Waals surface area contributed by atoms with E-state index in [2.05, 4.69) is 16.0 Å². The summed E-state index contributed by atoms with van der Waals surface area (Å²) in [6.07, 6.45) is 0.0724. The summed E-state index contributed by atoms with van der Waals surface area (Å²) in [6.45, 7) is 7.85. The normalized spacial score (nSPS) is 10.6. The van der Waals surface area contributed by atoms with Crippen molar-refractivity contribution >= 4 is 23.2 Å². The molecule has 2 aromatic carbocycles. The molecule has 2 rings (SSSR count). The van der Waals surface area contributed by atoms with Gasteiger partial charge in [0, 0.05) is 29.0 Å². The van der Waals surface area contributed by atoms with Crippen molar-refractivity contribution in [3.8, 4) is 5.75 Å². The molecule has 0 aliphatic carbocycles. The van der Waals surface area contributed by atoms with Crippen LogP contribution in [0.15, 0.2) is 48.5 Å². The molecule has 0 fully saturated rings. The Morgan fingerprint density at radius 1 is 0.963 bits per heavy atom. The Morgan fingerprint density at radius 2 is 1.67 bits per heavy atom. The highest BCUT2D eigenvalue weighted by Crippen LogP contribution is 2.18. The van der Waals surface area contributed by atoms with Crippen LogP contribution in [0.2, 0.25) is 0 Å². The number of benzene rings is 2. The first-order chi connectivity index (χ1) is 12.8. The second-order valence-corrected chi connectivity index (χ2v) is 6.80. The molecule has 0 saturated carbocycles. The van der Waals surface area contributed by atoms with Gasteiger partial charge < -0.3 is 20.7 Å². The molecule has 6 nitrogen and oxygen atoms in total. The van der Waals surface area contributed by atoms with E-state index in [-0.39, 0.29) is 30.5 Å². The predicted molar refractivity (Wildman–Crippen MR) is 108 cm³/mol. The highest BCUT2D eigenvalue weighted by Gasteiger charge is 2.08. The van der Waals surface area contributed by atoms with E-state index in [0.29, 0.717) is 17.0 Å². The molecule has 0 unspecified atom stereocenters. The van der Waals surface area contributed by atoms with Crippen LogP contribution in [-0.4, -0.2) is 30.5 Å². The Morgan fingerprint density at radius 3 is 2.30 bits per heavy atom. The summed E-state index contributed by atoms with van der Waals surface area (Å²) < 4.78 is 5.62. The Balaban J connectivity index is 1.86. The minimum absolute atomic E-state index is 0.0724. The number of amides is 2. The molecule has 0 aliphatic heterocycles. The number of carbonyl (C=O) groups excluding carboxylic acids is 2. The van der Waals surface area contributed by atoms with Gasteiger partial charge in [-0.05, 0) is 64.1 Å². The van der Waals surface area contributed by atoms with Gasteiger partial charge in [-0.25, -0.2) is 0 Å². The van der Waals surface area contributed by atoms with Crippen LogP contribution >= 0.6 is 0 Å². The molecule has 0 heterocycles. The van der Waals surface area contributed by atoms with Gasteiger partial charge in [0.15, 0.2) is 0 Å². The van der Waals surface area contributed by atoms with Crippen molar-refractivity contribution in [2.24, 2.45) is 0 Å². The molecule has 27 heavy (non-hydrogen) atoms. The lowest BCUT2D eigenvalue weighted by atomic mass is 10.2. The van der Waals surface area contributed by atoms with Crippen LogP contribution < -0.4 is 20.7 Å². The molecule has 144 valence electrons. The minimum atomic E-state index is -0.168. The number of hydrogen-bond acceptors (Lipinski definition) is 4. The largest absolute Gasteiger partial charge is 0.491 e. The molecule has 3 N–H and O–H groups in total. The fourth-order valence-corrected chi connectivity index (χ4v) is 2.39. The molecule has 0 aliphatic rings. The second kappa shape index (κ2) is 9.62. The topological polar surface area (TPSA) is 79.5 Å². The summed E-state index contributed by atoms with van der Waals surface area (Å²) in [5.41, 5.74) is 2.03. The Labute approximate surface area is 160 Å². The summed E-state index contributed by atoms with van der Waals surface area (Å²) in [4.78, 5) is 24.1. The third-order valence-electron chi connectivity index (χ3n) is 3.51. The molecule has 2 amide bonds. The quantitative estimate of drug-likeness (QED) is 0.663. The summed E-state index contributed by atoms with van der Waals surface area (Å²) >= 11 is 0. The predicted octanol–water partition coefficient (Wildman–Crippen LogP) is 3.66. The van der Waals surface area contributed by atoms with Gasteiger partial charge in [0.05, 0.1) is 12.6 Å². The van der Waals surface area contributed by atoms with E-state index < -0.39 is 0 Å². The molecule has 0 atom stereocenters. The maximum atomic E-state index is 12.1. The van der Waals surface area contributed by atoms with Gasteiger partial charge >= 0.3 is 0 Å². The molecule has 0 spiro atoms. The maximum absolute atomic E-state index is 12.1. The van der Waals surface area contributed by atoms with E-state index in [1.54, 1.807) is 30.3 Å². The van der Waals surface area contributed by atoms with E-state index in [0.717, 1.165) is 5.69 Å². The summed E-state index contributed by atoms with van der Waals surface area (Å²) in [6, 6.07) is 14.4. The van der Waals surface area contributed by atoms with Crippen LogP contribution in [0.3, 0.4) is 0 Å². The van der Waals surface area contributed by atoms with Crippen molar-refractivity contribution in [1.29, 1.82) is 0 Å². The average molecular weight is 369 g/mol. The summed E-state index contributed by atoms with van der Waals surface area (Å²) in [5, 5.41) is 8.71. The van der Waals surface area contributed by atoms with Crippen LogP contribution in [0, 0.1) is 0 Å². The zero-order chi connectivity index (χ0) is 19.8. The third-order valence-corrected chi connectivity index (χ3v) is 3.51. The molecule has 6 heteroatoms. The van der Waals surface area contributed by atoms with Crippen molar-refractivity contribution in [2.45, 2.75) is 39.8 Å². The number of rotatable bonds is 8. The van der Waals surface area contributed by atoms with E-state index in [9.17, 15) is 9.59 Å². The molecule has 2 aromatic rings. The fourth-order valence-electron chi connectivity index (χ4n) is 2.39. The number of nitrogens with one attached hydrogen (secondary N) is 3. The van der Waals surface area contributed by atoms with Crippen LogP contribution in [0.25, 0.3) is 0 Å². The highest BCUT2D eigenvalue weighted by molar-refractivity contribution is 5.95. The van der Waals surface area contributed by atoms with Gasteiger partial charge in [-0.2, -0.15) is 0 Å². The van der Waals surface area contributed by atoms with E-state index in [1.165, 1.54) is 0 Å². The zero-order valence-corrected chi connectivity index (χ0v) is 16.2. The first kappa shape index (κ1) is 20.3. The van der Waals surface area contributed by atoms with E-state index in [1.807, 2.05) is 45.9 Å². The van der Waals surface area contributed by atoms with Gasteiger partial charge in [-0.3, -0.25) is 9.59 Å². The molecule has 0 aromatic heterocycles. The summed E-state index contributed by atoms with van der Waals surface area (Å²) in [5.74, 6) is 0.433. The second-order valence-electron chi connectivity index (χ2n) is 6.80. The lowest BCUT2D eigenvalue weighted by Crippen LogP contribution is -2.30. The zero-order valence-electron chi connectivity index (χ0n) is 16.2. The number of hydrogen-bond donors (Lipinski definition) is 3. The molecule has 0 bridgehead atoms. The average Bonchev–Trinajstić information content (AvgIpc) is 2.59. The lowest BCUT2D eigenvalue weighted by molar-refractivity contribution is -0.114. The Hall–Kier alpha value is -3.02. The highest BCUT2D eigenvalue weighted by atomic mass is 16.5. The number of anilines is 2. The van der Waals surface area contributed by atoms with Gasteiger partial charge in [-0.1, -0.05) is 6.07 Å². The smallest absolute Gasteiger partial charge is 0.251 e. The Bertz CT molecular complexity index is 770. The monoisotopic (exact) mass is 369 g/mol. The number of carbonyl (C=O) groups is 2. The molecular formula is C21H27N3O3. The van der Waals surface area contributed by atoms with Crippen LogP contribution in [0.4, 0.5) is 11.4 Å². The number of ether oxygens (including phenoxy) is 1. The van der Waals surface area contributed by atoms with Crippen molar-refractivity contribution in [1.82, 2.24) is 5.32 Å². The Kier molecular flexibility index (Phi) is 7.23. The lowest BCUT2D eigenvalue weighted by Gasteiger charge is -2.12. The minimum Gasteiger partial charge on any atom is -0.491 e. The van der Waals surface area contributed by atoms with Gasteiger partial charge in [0.25, 0.3) is 5.91 Å². The molecular weight excluding hydrogens is 342 g/mol. The standard InChI is InChI=1S/C21H27N3O3/c1-14(2)23-21(26)16-8-10-17(11-9-16)22-13-20(25)24-18-6-5-7-19(12-18)27-15(3)4/h5-12,14-15,22H,13H2,1-4H3,(H,23,26)(H,24,25). The van der Waals surface area contributed by atoms with Crippen LogP contribution in [0.1, 0.15) is 38.1 Å². The van der Waals surface area contributed by atoms with Crippen LogP contribution in [-0.2, 0) is 4.79 Å². The van der Waals surface area contributed by atoms with Gasteiger partial charge in [0.2, 0.25) is 5.91 Å². The fraction of sp³-hybridized carbons (Fsp3) is 0.333. The summed E-state index contributed by atoms with van der Waals surface area (Å²) in [7, 11) is 0. The van der Waals surface area contributed by atoms with Crippen molar-refractivity contribution < 1.29 is 14.3 Å². The van der Waals surface area contributed by atoms with Crippen molar-refractivity contribution in [3.63, 3.8) is 0 Å². The van der Waals surface area contributed by atoms with Crippen molar-refractivity contribution in [2.75, 3.05) is 17.2 Å². The van der Waals surface area contributed by atoms with E-state index in [4.69, 9.17) is 4.74 Å². The molecule has 0 saturated heterocycles. The first-order valence-corrected chi connectivity index (χ1v) is 9.05. The maximum Gasteiger partial charge on any atom is 0.251 e. The third kappa shape index (κ3) is 7.01.